The number of hydrogen-bond acceptors (Lipinski definition) is 1. The van der Waals surface area contributed by atoms with E-state index in [1.165, 1.54) is 6.92 Å². The molecule has 0 heterocycles. The molecule has 0 rings (SSSR count). The van der Waals surface area contributed by atoms with Gasteiger partial charge in [0, 0.05) is 0 Å². The van der Waals surface area contributed by atoms with E-state index in [0.717, 1.165) is 0 Å². The van der Waals surface area contributed by atoms with Gasteiger partial charge in [-0.05, 0) is 6.42 Å². The van der Waals surface area contributed by atoms with Gasteiger partial charge in [0.2, 0.25) is 0 Å². The summed E-state index contributed by atoms with van der Waals surface area (Å²) >= 11 is 0. The zero-order valence-corrected chi connectivity index (χ0v) is 4.02. The number of rotatable bonds is 2. The third-order valence-electron chi connectivity index (χ3n) is 0.626. The highest BCUT2D eigenvalue weighted by Gasteiger charge is 2.10. The van der Waals surface area contributed by atoms with Crippen LogP contribution in [0.2, 0.25) is 0 Å². The van der Waals surface area contributed by atoms with Gasteiger partial charge >= 0.3 is 5.97 Å². The maximum Gasteiger partial charge on any atom is 0.338 e. The first kappa shape index (κ1) is 6.40. The summed E-state index contributed by atoms with van der Waals surface area (Å²) in [5, 5.41) is 7.81. The van der Waals surface area contributed by atoms with E-state index in [1.54, 1.807) is 0 Å². The monoisotopic (exact) mass is 106 g/mol. The molecule has 0 saturated carbocycles. The summed E-state index contributed by atoms with van der Waals surface area (Å²) in [6.07, 6.45) is -1.63. The van der Waals surface area contributed by atoms with Gasteiger partial charge in [0.25, 0.3) is 0 Å². The van der Waals surface area contributed by atoms with E-state index in [9.17, 15) is 9.18 Å². The predicted molar refractivity (Wildman–Crippen MR) is 22.8 cm³/mol. The summed E-state index contributed by atoms with van der Waals surface area (Å²) in [4.78, 5) is 9.56. The van der Waals surface area contributed by atoms with Gasteiger partial charge in [0.1, 0.15) is 0 Å². The van der Waals surface area contributed by atoms with Crippen molar-refractivity contribution in [3.8, 4) is 0 Å². The van der Waals surface area contributed by atoms with Crippen LogP contribution in [-0.4, -0.2) is 17.2 Å². The molecule has 0 spiro atoms. The summed E-state index contributed by atoms with van der Waals surface area (Å²) in [6.45, 7) is 1.48. The van der Waals surface area contributed by atoms with Gasteiger partial charge in [-0.1, -0.05) is 6.92 Å². The van der Waals surface area contributed by atoms with Crippen molar-refractivity contribution in [3.63, 3.8) is 0 Å². The van der Waals surface area contributed by atoms with Crippen LogP contribution in [0.4, 0.5) is 4.39 Å². The minimum atomic E-state index is -1.68. The van der Waals surface area contributed by atoms with Gasteiger partial charge in [0.15, 0.2) is 6.17 Å². The normalized spacial score (nSPS) is 13.4. The van der Waals surface area contributed by atoms with Gasteiger partial charge in [-0.25, -0.2) is 9.18 Å². The Morgan fingerprint density at radius 2 is 2.43 bits per heavy atom. The molecule has 0 bridgehead atoms. The fourth-order valence-corrected chi connectivity index (χ4v) is 0.175. The molecule has 2 nitrogen and oxygen atoms in total. The number of hydrogen-bond donors (Lipinski definition) is 1. The van der Waals surface area contributed by atoms with Crippen molar-refractivity contribution < 1.29 is 14.3 Å². The van der Waals surface area contributed by atoms with Crippen LogP contribution in [0.1, 0.15) is 13.3 Å². The molecular formula is C4H7FO2. The summed E-state index contributed by atoms with van der Waals surface area (Å²) in [6, 6.07) is 0. The van der Waals surface area contributed by atoms with Gasteiger partial charge in [0.05, 0.1) is 0 Å². The number of carbonyl (C=O) groups is 1. The van der Waals surface area contributed by atoms with Crippen molar-refractivity contribution in [3.05, 3.63) is 0 Å². The number of halogens is 1. The minimum absolute atomic E-state index is 0.0509. The Kier molecular flexibility index (Phi) is 2.33. The lowest BCUT2D eigenvalue weighted by Crippen LogP contribution is -2.11. The van der Waals surface area contributed by atoms with Crippen molar-refractivity contribution >= 4 is 5.97 Å². The minimum Gasteiger partial charge on any atom is -0.479 e. The lowest BCUT2D eigenvalue weighted by atomic mass is 10.3. The molecule has 0 aliphatic carbocycles. The van der Waals surface area contributed by atoms with E-state index < -0.39 is 12.1 Å². The maximum absolute atomic E-state index is 11.7. The van der Waals surface area contributed by atoms with E-state index in [2.05, 4.69) is 0 Å². The van der Waals surface area contributed by atoms with Crippen LogP contribution in [0.5, 0.6) is 0 Å². The zero-order chi connectivity index (χ0) is 5.86. The van der Waals surface area contributed by atoms with Crippen LogP contribution in [0.3, 0.4) is 0 Å². The molecule has 0 fully saturated rings. The Morgan fingerprint density at radius 1 is 2.00 bits per heavy atom. The smallest absolute Gasteiger partial charge is 0.338 e. The SMILES string of the molecule is CC[C@H](F)C(=O)O. The predicted octanol–water partition coefficient (Wildman–Crippen LogP) is 0.819. The average Bonchev–Trinajstić information content (AvgIpc) is 1.65. The first-order chi connectivity index (χ1) is 3.18. The molecule has 0 aliphatic rings. The van der Waals surface area contributed by atoms with Crippen LogP contribution in [0.15, 0.2) is 0 Å². The van der Waals surface area contributed by atoms with Gasteiger partial charge in [-0.15, -0.1) is 0 Å². The molecule has 0 amide bonds. The Morgan fingerprint density at radius 3 is 2.43 bits per heavy atom. The molecule has 0 aromatic rings. The largest absolute Gasteiger partial charge is 0.479 e. The van der Waals surface area contributed by atoms with Crippen molar-refractivity contribution in [2.24, 2.45) is 0 Å². The van der Waals surface area contributed by atoms with E-state index in [4.69, 9.17) is 5.11 Å². The van der Waals surface area contributed by atoms with Crippen molar-refractivity contribution in [1.82, 2.24) is 0 Å². The van der Waals surface area contributed by atoms with Crippen molar-refractivity contribution in [2.45, 2.75) is 19.5 Å². The second-order valence-corrected chi connectivity index (χ2v) is 1.21. The number of alkyl halides is 1. The van der Waals surface area contributed by atoms with Crippen LogP contribution in [0, 0.1) is 0 Å². The molecule has 0 aromatic heterocycles. The molecule has 0 radical (unpaired) electrons. The Balaban J connectivity index is 3.34. The summed E-state index contributed by atoms with van der Waals surface area (Å²) < 4.78 is 11.7. The molecule has 0 unspecified atom stereocenters. The third-order valence-corrected chi connectivity index (χ3v) is 0.626. The highest BCUT2D eigenvalue weighted by atomic mass is 19.1. The van der Waals surface area contributed by atoms with Gasteiger partial charge in [-0.3, -0.25) is 0 Å². The quantitative estimate of drug-likeness (QED) is 0.565. The van der Waals surface area contributed by atoms with Crippen LogP contribution in [-0.2, 0) is 4.79 Å². The Hall–Kier alpha value is -0.600. The standard InChI is InChI=1S/C4H7FO2/c1-2-3(5)4(6)7/h3H,2H2,1H3,(H,6,7)/t3-/m0/s1. The Labute approximate surface area is 41.0 Å². The van der Waals surface area contributed by atoms with Crippen LogP contribution in [0.25, 0.3) is 0 Å². The van der Waals surface area contributed by atoms with E-state index in [1.807, 2.05) is 0 Å². The van der Waals surface area contributed by atoms with E-state index >= 15 is 0 Å². The highest BCUT2D eigenvalue weighted by molar-refractivity contribution is 5.71. The fourth-order valence-electron chi connectivity index (χ4n) is 0.175. The lowest BCUT2D eigenvalue weighted by molar-refractivity contribution is -0.142. The highest BCUT2D eigenvalue weighted by Crippen LogP contribution is 1.93. The second kappa shape index (κ2) is 2.55. The lowest BCUT2D eigenvalue weighted by Gasteiger charge is -1.92. The molecule has 0 aliphatic heterocycles. The van der Waals surface area contributed by atoms with Crippen LogP contribution < -0.4 is 0 Å². The number of carboxylic acids is 1. The van der Waals surface area contributed by atoms with Gasteiger partial charge < -0.3 is 5.11 Å². The first-order valence-electron chi connectivity index (χ1n) is 2.05. The third kappa shape index (κ3) is 2.14. The molecule has 0 saturated heterocycles. The first-order valence-corrected chi connectivity index (χ1v) is 2.05. The van der Waals surface area contributed by atoms with E-state index in [-0.39, 0.29) is 6.42 Å². The summed E-state index contributed by atoms with van der Waals surface area (Å²) in [5.41, 5.74) is 0. The molecule has 1 atom stereocenters. The molecule has 3 heteroatoms. The topological polar surface area (TPSA) is 37.3 Å². The fraction of sp³-hybridized carbons (Fsp3) is 0.750. The average molecular weight is 106 g/mol. The summed E-state index contributed by atoms with van der Waals surface area (Å²) in [7, 11) is 0. The van der Waals surface area contributed by atoms with Crippen molar-refractivity contribution in [2.75, 3.05) is 0 Å². The molecule has 7 heavy (non-hydrogen) atoms. The second-order valence-electron chi connectivity index (χ2n) is 1.21. The number of carboxylic acid groups (broad SMARTS) is 1. The van der Waals surface area contributed by atoms with Crippen LogP contribution >= 0.6 is 0 Å². The number of aliphatic carboxylic acids is 1. The Bertz CT molecular complexity index is 72.1. The molecular weight excluding hydrogens is 99.0 g/mol. The van der Waals surface area contributed by atoms with Crippen molar-refractivity contribution in [1.29, 1.82) is 0 Å². The van der Waals surface area contributed by atoms with Gasteiger partial charge in [-0.2, -0.15) is 0 Å². The zero-order valence-electron chi connectivity index (χ0n) is 4.02. The maximum atomic E-state index is 11.7. The molecule has 0 aromatic carbocycles. The summed E-state index contributed by atoms with van der Waals surface area (Å²) in [5.74, 6) is -1.37. The molecule has 1 N–H and O–H groups in total. The molecule has 42 valence electrons. The van der Waals surface area contributed by atoms with E-state index in [0.29, 0.717) is 0 Å².